The van der Waals surface area contributed by atoms with E-state index in [9.17, 15) is 4.79 Å². The summed E-state index contributed by atoms with van der Waals surface area (Å²) in [5.74, 6) is -1.00. The average Bonchev–Trinajstić information content (AvgIpc) is 3.47. The van der Waals surface area contributed by atoms with Gasteiger partial charge in [0.05, 0.1) is 29.7 Å². The molecular weight excluding hydrogens is 440 g/mol. The zero-order valence-electron chi connectivity index (χ0n) is 19.0. The van der Waals surface area contributed by atoms with Gasteiger partial charge in [0, 0.05) is 50.1 Å². The number of aromatic amines is 1. The van der Waals surface area contributed by atoms with Crippen LogP contribution in [0.25, 0.3) is 28.3 Å². The summed E-state index contributed by atoms with van der Waals surface area (Å²) in [4.78, 5) is 25.6. The Bertz CT molecular complexity index is 1330. The van der Waals surface area contributed by atoms with Crippen molar-refractivity contribution < 1.29 is 18.3 Å². The highest BCUT2D eigenvalue weighted by molar-refractivity contribution is 5.76. The summed E-state index contributed by atoms with van der Waals surface area (Å²) >= 11 is 0. The Morgan fingerprint density at radius 1 is 1.26 bits per heavy atom. The van der Waals surface area contributed by atoms with Gasteiger partial charge < -0.3 is 19.0 Å². The third kappa shape index (κ3) is 4.07. The maximum absolute atomic E-state index is 15.4. The second kappa shape index (κ2) is 8.98. The number of carbonyl (C=O) groups excluding carboxylic acids is 1. The molecule has 1 amide bonds. The molecule has 1 unspecified atom stereocenters. The van der Waals surface area contributed by atoms with Gasteiger partial charge in [-0.3, -0.25) is 4.79 Å². The average molecular weight is 466 g/mol. The molecule has 0 bridgehead atoms. The van der Waals surface area contributed by atoms with E-state index in [0.29, 0.717) is 55.3 Å². The van der Waals surface area contributed by atoms with Crippen molar-refractivity contribution in [2.45, 2.75) is 32.8 Å². The highest BCUT2D eigenvalue weighted by Crippen LogP contribution is 2.33. The number of nitrogens with one attached hydrogen (secondary N) is 1. The number of fused-ring (bicyclic) bond motifs is 1. The van der Waals surface area contributed by atoms with Crippen molar-refractivity contribution in [3.63, 3.8) is 0 Å². The highest BCUT2D eigenvalue weighted by atomic mass is 19.1. The number of H-pyrrole nitrogens is 1. The van der Waals surface area contributed by atoms with Crippen molar-refractivity contribution in [2.75, 3.05) is 19.7 Å². The molecule has 4 heterocycles. The predicted molar refractivity (Wildman–Crippen MR) is 123 cm³/mol. The molecular formula is C25H25F2N5O2. The first-order chi connectivity index (χ1) is 16.4. The van der Waals surface area contributed by atoms with Crippen LogP contribution in [-0.2, 0) is 16.0 Å². The first kappa shape index (κ1) is 22.2. The lowest BCUT2D eigenvalue weighted by atomic mass is 10.0. The third-order valence-electron chi connectivity index (χ3n) is 6.15. The summed E-state index contributed by atoms with van der Waals surface area (Å²) in [6.07, 6.45) is 5.44. The number of imidazole rings is 2. The molecule has 176 valence electrons. The smallest absolute Gasteiger partial charge is 0.222 e. The van der Waals surface area contributed by atoms with Crippen molar-refractivity contribution in [1.82, 2.24) is 24.3 Å². The van der Waals surface area contributed by atoms with Gasteiger partial charge in [-0.05, 0) is 36.8 Å². The first-order valence-corrected chi connectivity index (χ1v) is 11.3. The minimum atomic E-state index is -0.722. The van der Waals surface area contributed by atoms with Gasteiger partial charge in [0.15, 0.2) is 0 Å². The molecule has 7 nitrogen and oxygen atoms in total. The van der Waals surface area contributed by atoms with E-state index in [1.807, 2.05) is 36.6 Å². The van der Waals surface area contributed by atoms with Crippen LogP contribution in [0.1, 0.15) is 24.6 Å². The van der Waals surface area contributed by atoms with Crippen LogP contribution < -0.4 is 0 Å². The van der Waals surface area contributed by atoms with Crippen LogP contribution in [0.15, 0.2) is 42.9 Å². The Kier molecular flexibility index (Phi) is 5.87. The number of hydrogen-bond acceptors (Lipinski definition) is 4. The minimum absolute atomic E-state index is 0.0629. The molecule has 1 aliphatic rings. The van der Waals surface area contributed by atoms with E-state index in [0.717, 1.165) is 5.56 Å². The Hall–Kier alpha value is -3.59. The van der Waals surface area contributed by atoms with Crippen LogP contribution in [0.5, 0.6) is 0 Å². The molecule has 3 aromatic heterocycles. The number of aryl methyl sites for hydroxylation is 1. The van der Waals surface area contributed by atoms with Gasteiger partial charge in [0.2, 0.25) is 5.91 Å². The van der Waals surface area contributed by atoms with E-state index in [1.54, 1.807) is 11.1 Å². The summed E-state index contributed by atoms with van der Waals surface area (Å²) in [5.41, 5.74) is 2.57. The number of hydrogen-bond donors (Lipinski definition) is 1. The number of carbonyl (C=O) groups is 1. The number of pyridine rings is 1. The van der Waals surface area contributed by atoms with Crippen LogP contribution in [0.2, 0.25) is 0 Å². The first-order valence-electron chi connectivity index (χ1n) is 11.3. The molecule has 9 heteroatoms. The van der Waals surface area contributed by atoms with Crippen molar-refractivity contribution in [2.24, 2.45) is 0 Å². The quantitative estimate of drug-likeness (QED) is 0.480. The fraction of sp³-hybridized carbons (Fsp3) is 0.320. The van der Waals surface area contributed by atoms with Gasteiger partial charge in [0.1, 0.15) is 23.1 Å². The Balaban J connectivity index is 1.58. The van der Waals surface area contributed by atoms with Crippen LogP contribution >= 0.6 is 0 Å². The molecule has 0 aliphatic carbocycles. The van der Waals surface area contributed by atoms with Gasteiger partial charge in [-0.25, -0.2) is 18.7 Å². The van der Waals surface area contributed by atoms with Gasteiger partial charge >= 0.3 is 0 Å². The molecule has 1 aromatic carbocycles. The highest BCUT2D eigenvalue weighted by Gasteiger charge is 2.28. The Morgan fingerprint density at radius 3 is 2.76 bits per heavy atom. The van der Waals surface area contributed by atoms with E-state index in [2.05, 4.69) is 15.0 Å². The van der Waals surface area contributed by atoms with Crippen molar-refractivity contribution in [3.8, 4) is 22.6 Å². The molecule has 1 atom stereocenters. The van der Waals surface area contributed by atoms with Gasteiger partial charge in [-0.15, -0.1) is 0 Å². The van der Waals surface area contributed by atoms with Crippen LogP contribution in [0.3, 0.4) is 0 Å². The van der Waals surface area contributed by atoms with E-state index >= 15 is 8.78 Å². The molecule has 0 saturated carbocycles. The maximum atomic E-state index is 15.4. The van der Waals surface area contributed by atoms with E-state index in [-0.39, 0.29) is 23.3 Å². The van der Waals surface area contributed by atoms with Crippen molar-refractivity contribution in [1.29, 1.82) is 0 Å². The lowest BCUT2D eigenvalue weighted by Crippen LogP contribution is -2.46. The normalized spacial score (nSPS) is 16.4. The van der Waals surface area contributed by atoms with Gasteiger partial charge in [0.25, 0.3) is 0 Å². The molecule has 34 heavy (non-hydrogen) atoms. The molecule has 0 spiro atoms. The van der Waals surface area contributed by atoms with Crippen molar-refractivity contribution >= 4 is 11.6 Å². The number of amides is 1. The fourth-order valence-electron chi connectivity index (χ4n) is 4.46. The molecule has 1 saturated heterocycles. The van der Waals surface area contributed by atoms with Gasteiger partial charge in [-0.1, -0.05) is 6.92 Å². The molecule has 5 rings (SSSR count). The standard InChI is InChI=1S/C25H25F2N5O2/c1-3-22(33)31-8-9-34-17(14-31)13-20-24(30-21-10-15(2)4-7-32(20)21)23-18(26)11-16(12-19(23)27)25-28-5-6-29-25/h4-7,10-12,17H,3,8-9,13-14H2,1-2H3,(H,28,29). The molecule has 0 radical (unpaired) electrons. The Morgan fingerprint density at radius 2 is 2.06 bits per heavy atom. The largest absolute Gasteiger partial charge is 0.374 e. The topological polar surface area (TPSA) is 75.5 Å². The summed E-state index contributed by atoms with van der Waals surface area (Å²) in [6.45, 7) is 5.15. The number of morpholine rings is 1. The minimum Gasteiger partial charge on any atom is -0.374 e. The van der Waals surface area contributed by atoms with E-state index in [1.165, 1.54) is 18.3 Å². The predicted octanol–water partition coefficient (Wildman–Crippen LogP) is 4.16. The summed E-state index contributed by atoms with van der Waals surface area (Å²) < 4.78 is 38.5. The molecule has 1 aliphatic heterocycles. The fourth-order valence-corrected chi connectivity index (χ4v) is 4.46. The summed E-state index contributed by atoms with van der Waals surface area (Å²) in [6, 6.07) is 6.31. The van der Waals surface area contributed by atoms with Gasteiger partial charge in [-0.2, -0.15) is 0 Å². The number of halogens is 2. The third-order valence-corrected chi connectivity index (χ3v) is 6.15. The van der Waals surface area contributed by atoms with E-state index in [4.69, 9.17) is 4.74 Å². The number of aromatic nitrogens is 4. The lowest BCUT2D eigenvalue weighted by Gasteiger charge is -2.33. The summed E-state index contributed by atoms with van der Waals surface area (Å²) in [7, 11) is 0. The summed E-state index contributed by atoms with van der Waals surface area (Å²) in [5, 5.41) is 0. The number of ether oxygens (including phenoxy) is 1. The van der Waals surface area contributed by atoms with Crippen LogP contribution in [0, 0.1) is 18.6 Å². The molecule has 1 fully saturated rings. The molecule has 4 aromatic rings. The zero-order valence-corrected chi connectivity index (χ0v) is 19.0. The monoisotopic (exact) mass is 465 g/mol. The van der Waals surface area contributed by atoms with Crippen LogP contribution in [0.4, 0.5) is 8.78 Å². The zero-order chi connectivity index (χ0) is 23.8. The SMILES string of the molecule is CCC(=O)N1CCOC(Cc2c(-c3c(F)cc(-c4ncc[nH]4)cc3F)nc3cc(C)ccn23)C1. The lowest BCUT2D eigenvalue weighted by molar-refractivity contribution is -0.138. The maximum Gasteiger partial charge on any atom is 0.222 e. The number of rotatable bonds is 5. The second-order valence-electron chi connectivity index (χ2n) is 8.48. The van der Waals surface area contributed by atoms with E-state index < -0.39 is 11.6 Å². The molecule has 1 N–H and O–H groups in total. The number of nitrogens with zero attached hydrogens (tertiary/aromatic N) is 4. The number of benzene rings is 1. The second-order valence-corrected chi connectivity index (χ2v) is 8.48. The van der Waals surface area contributed by atoms with Crippen molar-refractivity contribution in [3.05, 3.63) is 65.7 Å². The Labute approximate surface area is 195 Å². The van der Waals surface area contributed by atoms with Crippen LogP contribution in [-0.4, -0.2) is 56.0 Å².